The Morgan fingerprint density at radius 2 is 1.22 bits per heavy atom. The molecule has 36 heavy (non-hydrogen) atoms. The molecule has 0 aliphatic carbocycles. The smallest absolute Gasteiger partial charge is 0.243 e. The Labute approximate surface area is 218 Å². The molecule has 0 heterocycles. The van der Waals surface area contributed by atoms with Crippen LogP contribution in [0.3, 0.4) is 0 Å². The summed E-state index contributed by atoms with van der Waals surface area (Å²) >= 11 is 0. The normalized spacial score (nSPS) is 12.1. The van der Waals surface area contributed by atoms with Crippen LogP contribution in [0.25, 0.3) is 0 Å². The molecule has 0 aliphatic heterocycles. The van der Waals surface area contributed by atoms with Crippen LogP contribution in [0, 0.1) is 0 Å². The van der Waals surface area contributed by atoms with Crippen molar-refractivity contribution >= 4 is 30.2 Å². The third-order valence-electron chi connectivity index (χ3n) is 5.76. The Hall–Kier alpha value is -3.84. The number of amides is 2. The molecule has 0 fully saturated rings. The molecule has 7 nitrogen and oxygen atoms in total. The van der Waals surface area contributed by atoms with Crippen LogP contribution in [-0.2, 0) is 9.59 Å². The van der Waals surface area contributed by atoms with Crippen molar-refractivity contribution < 1.29 is 9.59 Å². The van der Waals surface area contributed by atoms with Crippen LogP contribution < -0.4 is 22.1 Å². The first kappa shape index (κ1) is 28.4. The van der Waals surface area contributed by atoms with Crippen LogP contribution in [0.2, 0.25) is 0 Å². The van der Waals surface area contributed by atoms with E-state index < -0.39 is 12.0 Å². The van der Waals surface area contributed by atoms with Gasteiger partial charge in [0.1, 0.15) is 6.04 Å². The molecule has 3 aromatic carbocycles. The minimum Gasteiger partial charge on any atom is -0.370 e. The zero-order valence-corrected chi connectivity index (χ0v) is 21.2. The van der Waals surface area contributed by atoms with E-state index in [1.165, 1.54) is 0 Å². The highest BCUT2D eigenvalue weighted by Gasteiger charge is 2.28. The van der Waals surface area contributed by atoms with Gasteiger partial charge in [0.15, 0.2) is 5.96 Å². The van der Waals surface area contributed by atoms with Gasteiger partial charge in [-0.05, 0) is 36.5 Å². The van der Waals surface area contributed by atoms with Gasteiger partial charge in [0.2, 0.25) is 11.8 Å². The lowest BCUT2D eigenvalue weighted by Crippen LogP contribution is -2.48. The van der Waals surface area contributed by atoms with E-state index in [-0.39, 0.29) is 36.2 Å². The minimum absolute atomic E-state index is 0. The zero-order chi connectivity index (χ0) is 25.0. The third kappa shape index (κ3) is 8.43. The van der Waals surface area contributed by atoms with Crippen molar-refractivity contribution in [1.82, 2.24) is 10.6 Å². The van der Waals surface area contributed by atoms with Gasteiger partial charge in [-0.25, -0.2) is 0 Å². The predicted molar refractivity (Wildman–Crippen MR) is 147 cm³/mol. The number of guanidine groups is 1. The summed E-state index contributed by atoms with van der Waals surface area (Å²) in [7, 11) is 0. The molecule has 3 aromatic rings. The Bertz CT molecular complexity index is 1070. The lowest BCUT2D eigenvalue weighted by molar-refractivity contribution is -0.129. The number of aliphatic imine (C=N–C) groups is 1. The second-order valence-electron chi connectivity index (χ2n) is 8.41. The van der Waals surface area contributed by atoms with E-state index in [0.717, 1.165) is 16.7 Å². The van der Waals surface area contributed by atoms with Crippen molar-refractivity contribution in [2.24, 2.45) is 16.5 Å². The van der Waals surface area contributed by atoms with Gasteiger partial charge in [0.25, 0.3) is 0 Å². The van der Waals surface area contributed by atoms with Gasteiger partial charge in [-0.2, -0.15) is 0 Å². The fourth-order valence-corrected chi connectivity index (χ4v) is 3.95. The molecule has 190 valence electrons. The third-order valence-corrected chi connectivity index (χ3v) is 5.76. The summed E-state index contributed by atoms with van der Waals surface area (Å²) in [5.41, 5.74) is 13.5. The monoisotopic (exact) mass is 507 g/mol. The van der Waals surface area contributed by atoms with Gasteiger partial charge in [0, 0.05) is 6.54 Å². The Morgan fingerprint density at radius 3 is 1.69 bits per heavy atom. The zero-order valence-electron chi connectivity index (χ0n) is 20.3. The lowest BCUT2D eigenvalue weighted by Gasteiger charge is -2.24. The second-order valence-corrected chi connectivity index (χ2v) is 8.41. The summed E-state index contributed by atoms with van der Waals surface area (Å²) in [6.07, 6.45) is 0.934. The van der Waals surface area contributed by atoms with E-state index in [4.69, 9.17) is 11.5 Å². The second kappa shape index (κ2) is 14.5. The van der Waals surface area contributed by atoms with E-state index in [0.29, 0.717) is 19.4 Å². The molecule has 0 aliphatic rings. The highest BCUT2D eigenvalue weighted by molar-refractivity contribution is 5.92. The molecular weight excluding hydrogens is 474 g/mol. The molecule has 2 atom stereocenters. The first-order valence-electron chi connectivity index (χ1n) is 11.8. The fraction of sp³-hybridized carbons (Fsp3) is 0.250. The molecule has 0 bridgehead atoms. The van der Waals surface area contributed by atoms with Crippen molar-refractivity contribution in [3.05, 3.63) is 108 Å². The molecule has 0 aromatic heterocycles. The van der Waals surface area contributed by atoms with Crippen LogP contribution in [-0.4, -0.2) is 30.4 Å². The van der Waals surface area contributed by atoms with Gasteiger partial charge in [0.05, 0.1) is 12.0 Å². The number of nitrogens with two attached hydrogens (primary N) is 2. The molecular formula is C28H34ClN5O2. The first-order chi connectivity index (χ1) is 17.0. The molecule has 6 N–H and O–H groups in total. The van der Waals surface area contributed by atoms with Gasteiger partial charge in [-0.1, -0.05) is 91.0 Å². The van der Waals surface area contributed by atoms with E-state index in [9.17, 15) is 9.59 Å². The van der Waals surface area contributed by atoms with Crippen molar-refractivity contribution in [2.45, 2.75) is 37.8 Å². The average molecular weight is 508 g/mol. The number of rotatable bonds is 11. The number of nitrogens with zero attached hydrogens (tertiary/aromatic N) is 1. The topological polar surface area (TPSA) is 123 Å². The highest BCUT2D eigenvalue weighted by atomic mass is 35.5. The predicted octanol–water partition coefficient (Wildman–Crippen LogP) is 3.66. The summed E-state index contributed by atoms with van der Waals surface area (Å²) in [4.78, 5) is 30.9. The summed E-state index contributed by atoms with van der Waals surface area (Å²) in [6.45, 7) is 2.29. The fourth-order valence-electron chi connectivity index (χ4n) is 3.95. The highest BCUT2D eigenvalue weighted by Crippen LogP contribution is 2.25. The maximum absolute atomic E-state index is 13.6. The standard InChI is InChI=1S/C28H33N5O2.ClH/c1-20(21-12-5-2-6-13-21)32-26(34)24(18-11-19-31-28(29)30)33-27(35)25(22-14-7-3-8-15-22)23-16-9-4-10-17-23;/h2-10,12-17,20,24-25H,11,18-19H2,1H3,(H,32,34)(H,33,35)(H4,29,30,31);1H/t20-,24+;/m1./s1. The van der Waals surface area contributed by atoms with Crippen molar-refractivity contribution in [3.8, 4) is 0 Å². The van der Waals surface area contributed by atoms with Crippen LogP contribution in [0.5, 0.6) is 0 Å². The molecule has 0 saturated carbocycles. The quantitative estimate of drug-likeness (QED) is 0.180. The molecule has 0 spiro atoms. The number of carbonyl (C=O) groups is 2. The molecule has 0 saturated heterocycles. The van der Waals surface area contributed by atoms with E-state index in [1.807, 2.05) is 97.9 Å². The molecule has 0 radical (unpaired) electrons. The van der Waals surface area contributed by atoms with Crippen LogP contribution in [0.1, 0.15) is 48.4 Å². The number of benzene rings is 3. The molecule has 8 heteroatoms. The number of hydrogen-bond donors (Lipinski definition) is 4. The molecule has 3 rings (SSSR count). The molecule has 0 unspecified atom stereocenters. The minimum atomic E-state index is -0.738. The van der Waals surface area contributed by atoms with Crippen LogP contribution in [0.4, 0.5) is 0 Å². The van der Waals surface area contributed by atoms with Crippen molar-refractivity contribution in [2.75, 3.05) is 6.54 Å². The van der Waals surface area contributed by atoms with Gasteiger partial charge in [-0.3, -0.25) is 14.6 Å². The van der Waals surface area contributed by atoms with E-state index in [1.54, 1.807) is 0 Å². The number of nitrogens with one attached hydrogen (secondary N) is 2. The summed E-state index contributed by atoms with van der Waals surface area (Å²) in [5, 5.41) is 6.03. The van der Waals surface area contributed by atoms with Crippen molar-refractivity contribution in [3.63, 3.8) is 0 Å². The van der Waals surface area contributed by atoms with Gasteiger partial charge < -0.3 is 22.1 Å². The maximum atomic E-state index is 13.6. The SMILES string of the molecule is C[C@@H](NC(=O)[C@H](CCCN=C(N)N)NC(=O)C(c1ccccc1)c1ccccc1)c1ccccc1.Cl. The van der Waals surface area contributed by atoms with E-state index >= 15 is 0 Å². The number of hydrogen-bond acceptors (Lipinski definition) is 3. The molecule has 2 amide bonds. The Kier molecular flexibility index (Phi) is 11.5. The first-order valence-corrected chi connectivity index (χ1v) is 11.8. The number of halogens is 1. The van der Waals surface area contributed by atoms with Crippen LogP contribution >= 0.6 is 12.4 Å². The van der Waals surface area contributed by atoms with Crippen molar-refractivity contribution in [1.29, 1.82) is 0 Å². The Balaban J connectivity index is 0.00000456. The lowest BCUT2D eigenvalue weighted by atomic mass is 9.90. The van der Waals surface area contributed by atoms with Gasteiger partial charge >= 0.3 is 0 Å². The summed E-state index contributed by atoms with van der Waals surface area (Å²) in [5.74, 6) is -1.03. The number of carbonyl (C=O) groups excluding carboxylic acids is 2. The largest absolute Gasteiger partial charge is 0.370 e. The summed E-state index contributed by atoms with van der Waals surface area (Å²) in [6, 6.07) is 27.9. The maximum Gasteiger partial charge on any atom is 0.243 e. The van der Waals surface area contributed by atoms with Crippen LogP contribution in [0.15, 0.2) is 96.0 Å². The van der Waals surface area contributed by atoms with E-state index in [2.05, 4.69) is 15.6 Å². The average Bonchev–Trinajstić information content (AvgIpc) is 2.87. The van der Waals surface area contributed by atoms with Gasteiger partial charge in [-0.15, -0.1) is 12.4 Å². The summed E-state index contributed by atoms with van der Waals surface area (Å²) < 4.78 is 0. The Morgan fingerprint density at radius 1 is 0.750 bits per heavy atom.